The predicted molar refractivity (Wildman–Crippen MR) is 102 cm³/mol. The number of nitrogens with zero attached hydrogens (tertiary/aromatic N) is 1. The van der Waals surface area contributed by atoms with E-state index in [0.29, 0.717) is 12.8 Å². The first-order valence-corrected chi connectivity index (χ1v) is 10.9. The average Bonchev–Trinajstić information content (AvgIpc) is 2.63. The largest absolute Gasteiger partial charge is 0.446 e. The van der Waals surface area contributed by atoms with Gasteiger partial charge < -0.3 is 14.2 Å². The van der Waals surface area contributed by atoms with Gasteiger partial charge in [-0.05, 0) is 31.4 Å². The number of carbonyl (C=O) groups excluding carboxylic acids is 1. The van der Waals surface area contributed by atoms with E-state index in [-0.39, 0.29) is 23.8 Å². The lowest BCUT2D eigenvalue weighted by Gasteiger charge is -2.26. The fraction of sp³-hybridized carbons (Fsp3) is 0.611. The normalized spacial score (nSPS) is 15.6. The summed E-state index contributed by atoms with van der Waals surface area (Å²) in [6.07, 6.45) is 3.71. The van der Waals surface area contributed by atoms with Crippen LogP contribution in [-0.2, 0) is 13.8 Å². The van der Waals surface area contributed by atoms with Gasteiger partial charge in [-0.1, -0.05) is 40.0 Å². The van der Waals surface area contributed by atoms with Crippen molar-refractivity contribution in [3.8, 4) is 0 Å². The maximum atomic E-state index is 12.7. The molecule has 0 amide bonds. The molecule has 0 bridgehead atoms. The number of nitro benzene ring substituents is 1. The van der Waals surface area contributed by atoms with Crippen molar-refractivity contribution in [2.45, 2.75) is 71.2 Å². The van der Waals surface area contributed by atoms with Crippen LogP contribution in [0, 0.1) is 10.1 Å². The smallest absolute Gasteiger partial charge is 0.368 e. The summed E-state index contributed by atoms with van der Waals surface area (Å²) >= 11 is 0. The van der Waals surface area contributed by atoms with Crippen LogP contribution in [0.3, 0.4) is 0 Å². The van der Waals surface area contributed by atoms with Gasteiger partial charge in [0.15, 0.2) is 0 Å². The van der Waals surface area contributed by atoms with Gasteiger partial charge in [-0.25, -0.2) is 4.79 Å². The lowest BCUT2D eigenvalue weighted by Crippen LogP contribution is -2.22. The SMILES string of the molecule is CCCCC(CCC)OP(=O)(O)C(CC)OC(=O)c1ccc([N+](=O)[O-])cc1. The summed E-state index contributed by atoms with van der Waals surface area (Å²) in [6, 6.07) is 4.85. The van der Waals surface area contributed by atoms with Crippen molar-refractivity contribution in [1.82, 2.24) is 0 Å². The van der Waals surface area contributed by atoms with Gasteiger partial charge in [0.2, 0.25) is 5.85 Å². The van der Waals surface area contributed by atoms with Crippen LogP contribution in [0.4, 0.5) is 5.69 Å². The Kier molecular flexibility index (Phi) is 9.63. The molecule has 0 heterocycles. The highest BCUT2D eigenvalue weighted by molar-refractivity contribution is 7.53. The molecule has 0 aliphatic carbocycles. The van der Waals surface area contributed by atoms with Crippen LogP contribution in [0.2, 0.25) is 0 Å². The zero-order valence-corrected chi connectivity index (χ0v) is 16.9. The summed E-state index contributed by atoms with van der Waals surface area (Å²) < 4.78 is 23.3. The number of carbonyl (C=O) groups is 1. The van der Waals surface area contributed by atoms with Gasteiger partial charge in [-0.15, -0.1) is 0 Å². The molecule has 0 saturated heterocycles. The molecule has 0 aromatic heterocycles. The zero-order valence-electron chi connectivity index (χ0n) is 16.0. The molecule has 27 heavy (non-hydrogen) atoms. The van der Waals surface area contributed by atoms with E-state index < -0.39 is 24.3 Å². The molecule has 0 spiro atoms. The second-order valence-corrected chi connectivity index (χ2v) is 8.21. The van der Waals surface area contributed by atoms with Crippen molar-refractivity contribution in [2.75, 3.05) is 0 Å². The van der Waals surface area contributed by atoms with Crippen molar-refractivity contribution in [3.05, 3.63) is 39.9 Å². The van der Waals surface area contributed by atoms with Crippen molar-refractivity contribution in [3.63, 3.8) is 0 Å². The third kappa shape index (κ3) is 7.40. The summed E-state index contributed by atoms with van der Waals surface area (Å²) in [5, 5.41) is 10.7. The minimum Gasteiger partial charge on any atom is -0.446 e. The van der Waals surface area contributed by atoms with Crippen LogP contribution in [0.25, 0.3) is 0 Å². The number of hydrogen-bond acceptors (Lipinski definition) is 6. The molecule has 3 atom stereocenters. The molecule has 3 unspecified atom stereocenters. The van der Waals surface area contributed by atoms with Gasteiger partial charge in [0, 0.05) is 12.1 Å². The second-order valence-electron chi connectivity index (χ2n) is 6.29. The van der Waals surface area contributed by atoms with E-state index in [4.69, 9.17) is 9.26 Å². The van der Waals surface area contributed by atoms with Gasteiger partial charge in [0.25, 0.3) is 5.69 Å². The number of hydrogen-bond donors (Lipinski definition) is 1. The van der Waals surface area contributed by atoms with Crippen LogP contribution in [0.1, 0.15) is 69.7 Å². The molecule has 0 aliphatic rings. The van der Waals surface area contributed by atoms with Crippen molar-refractivity contribution in [2.24, 2.45) is 0 Å². The molecule has 1 N–H and O–H groups in total. The van der Waals surface area contributed by atoms with Gasteiger partial charge in [0.05, 0.1) is 16.6 Å². The predicted octanol–water partition coefficient (Wildman–Crippen LogP) is 5.05. The number of ether oxygens (including phenoxy) is 1. The maximum absolute atomic E-state index is 12.7. The Hall–Kier alpha value is -1.76. The lowest BCUT2D eigenvalue weighted by molar-refractivity contribution is -0.384. The Labute approximate surface area is 159 Å². The summed E-state index contributed by atoms with van der Waals surface area (Å²) in [6.45, 7) is 5.62. The van der Waals surface area contributed by atoms with E-state index in [0.717, 1.165) is 19.3 Å². The number of esters is 1. The van der Waals surface area contributed by atoms with Crippen LogP contribution >= 0.6 is 7.60 Å². The second kappa shape index (κ2) is 11.2. The molecule has 0 aliphatic heterocycles. The Morgan fingerprint density at radius 2 is 1.81 bits per heavy atom. The van der Waals surface area contributed by atoms with E-state index in [9.17, 15) is 24.4 Å². The number of unbranched alkanes of at least 4 members (excludes halogenated alkanes) is 1. The van der Waals surface area contributed by atoms with E-state index in [1.807, 2.05) is 13.8 Å². The Morgan fingerprint density at radius 3 is 2.30 bits per heavy atom. The number of non-ortho nitro benzene ring substituents is 1. The number of rotatable bonds is 12. The molecular weight excluding hydrogens is 373 g/mol. The highest BCUT2D eigenvalue weighted by atomic mass is 31.2. The maximum Gasteiger partial charge on any atom is 0.368 e. The monoisotopic (exact) mass is 401 g/mol. The van der Waals surface area contributed by atoms with E-state index >= 15 is 0 Å². The van der Waals surface area contributed by atoms with Crippen LogP contribution < -0.4 is 0 Å². The van der Waals surface area contributed by atoms with Crippen LogP contribution in [0.15, 0.2) is 24.3 Å². The minimum atomic E-state index is -4.18. The Balaban J connectivity index is 2.83. The van der Waals surface area contributed by atoms with Crippen molar-refractivity contribution < 1.29 is 28.4 Å². The first-order chi connectivity index (χ1) is 12.7. The van der Waals surface area contributed by atoms with Crippen molar-refractivity contribution >= 4 is 19.3 Å². The molecule has 9 heteroatoms. The number of benzene rings is 1. The van der Waals surface area contributed by atoms with Gasteiger partial charge in [-0.2, -0.15) is 0 Å². The fourth-order valence-corrected chi connectivity index (χ4v) is 4.04. The standard InChI is InChI=1S/C18H28NO7P/c1-4-7-9-16(8-5-2)26-27(23,24)17(6-3)25-18(20)14-10-12-15(13-11-14)19(21)22/h10-13,16-17H,4-9H2,1-3H3,(H,23,24). The molecular formula is C18H28NO7P. The number of nitro groups is 1. The average molecular weight is 401 g/mol. The van der Waals surface area contributed by atoms with Crippen molar-refractivity contribution in [1.29, 1.82) is 0 Å². The molecule has 1 aromatic rings. The molecule has 0 saturated carbocycles. The van der Waals surface area contributed by atoms with Crippen LogP contribution in [-0.4, -0.2) is 27.7 Å². The van der Waals surface area contributed by atoms with Gasteiger partial charge >= 0.3 is 13.6 Å². The first-order valence-electron chi connectivity index (χ1n) is 9.21. The van der Waals surface area contributed by atoms with Gasteiger partial charge in [0.1, 0.15) is 0 Å². The lowest BCUT2D eigenvalue weighted by atomic mass is 10.1. The van der Waals surface area contributed by atoms with E-state index in [2.05, 4.69) is 0 Å². The van der Waals surface area contributed by atoms with E-state index in [1.54, 1.807) is 6.92 Å². The van der Waals surface area contributed by atoms with Gasteiger partial charge in [-0.3, -0.25) is 14.7 Å². The summed E-state index contributed by atoms with van der Waals surface area (Å²) in [7, 11) is -4.18. The summed E-state index contributed by atoms with van der Waals surface area (Å²) in [5.74, 6) is -2.11. The zero-order chi connectivity index (χ0) is 20.4. The minimum absolute atomic E-state index is 0.0649. The molecule has 1 aromatic carbocycles. The Bertz CT molecular complexity index is 662. The third-order valence-electron chi connectivity index (χ3n) is 4.06. The molecule has 152 valence electrons. The topological polar surface area (TPSA) is 116 Å². The molecule has 1 rings (SSSR count). The fourth-order valence-electron chi connectivity index (χ4n) is 2.58. The van der Waals surface area contributed by atoms with E-state index in [1.165, 1.54) is 24.3 Å². The molecule has 0 radical (unpaired) electrons. The van der Waals surface area contributed by atoms with Crippen LogP contribution in [0.5, 0.6) is 0 Å². The summed E-state index contributed by atoms with van der Waals surface area (Å²) in [5.41, 5.74) is -0.0942. The Morgan fingerprint density at radius 1 is 1.19 bits per heavy atom. The summed E-state index contributed by atoms with van der Waals surface area (Å²) in [4.78, 5) is 32.7. The molecule has 8 nitrogen and oxygen atoms in total. The quantitative estimate of drug-likeness (QED) is 0.225. The third-order valence-corrected chi connectivity index (χ3v) is 5.86. The highest BCUT2D eigenvalue weighted by Gasteiger charge is 2.37. The highest BCUT2D eigenvalue weighted by Crippen LogP contribution is 2.51. The first kappa shape index (κ1) is 23.3. The molecule has 0 fully saturated rings.